The van der Waals surface area contributed by atoms with Gasteiger partial charge in [-0.05, 0) is 44.0 Å². The first-order chi connectivity index (χ1) is 8.50. The molecule has 2 aromatic rings. The number of aromatic hydroxyl groups is 1. The average molecular weight is 413 g/mol. The molecule has 2 nitrogen and oxygen atoms in total. The minimum absolute atomic E-state index is 0.0804. The van der Waals surface area contributed by atoms with Crippen LogP contribution in [0, 0.1) is 0 Å². The van der Waals surface area contributed by atoms with Gasteiger partial charge in [-0.1, -0.05) is 35.3 Å². The van der Waals surface area contributed by atoms with Gasteiger partial charge in [0.15, 0.2) is 11.5 Å². The average Bonchev–Trinajstić information content (AvgIpc) is 2.36. The van der Waals surface area contributed by atoms with E-state index in [4.69, 9.17) is 27.9 Å². The minimum atomic E-state index is -0.0804. The Morgan fingerprint density at radius 2 is 1.72 bits per heavy atom. The highest BCUT2D eigenvalue weighted by molar-refractivity contribution is 9.11. The molecule has 0 saturated heterocycles. The van der Waals surface area contributed by atoms with Crippen LogP contribution in [0.25, 0.3) is 0 Å². The smallest absolute Gasteiger partial charge is 0.174 e. The lowest BCUT2D eigenvalue weighted by Crippen LogP contribution is -1.87. The van der Waals surface area contributed by atoms with Crippen LogP contribution in [0.15, 0.2) is 39.3 Å². The fourth-order valence-corrected chi connectivity index (χ4v) is 2.69. The van der Waals surface area contributed by atoms with E-state index in [1.54, 1.807) is 30.3 Å². The molecule has 1 N–H and O–H groups in total. The summed E-state index contributed by atoms with van der Waals surface area (Å²) in [7, 11) is 0. The number of halogens is 4. The Morgan fingerprint density at radius 3 is 2.39 bits per heavy atom. The van der Waals surface area contributed by atoms with E-state index in [0.717, 1.165) is 0 Å². The first-order valence-corrected chi connectivity index (χ1v) is 7.13. The van der Waals surface area contributed by atoms with Crippen molar-refractivity contribution in [2.45, 2.75) is 0 Å². The maximum absolute atomic E-state index is 9.93. The molecule has 0 aliphatic heterocycles. The molecule has 0 aromatic heterocycles. The molecular formula is C12H6Br2Cl2O2. The zero-order valence-electron chi connectivity index (χ0n) is 8.75. The van der Waals surface area contributed by atoms with E-state index in [2.05, 4.69) is 31.9 Å². The maximum Gasteiger partial charge on any atom is 0.174 e. The third-order valence-corrected chi connectivity index (χ3v) is 4.72. The van der Waals surface area contributed by atoms with E-state index in [1.165, 1.54) is 0 Å². The van der Waals surface area contributed by atoms with Gasteiger partial charge in [0.1, 0.15) is 5.75 Å². The molecule has 0 heterocycles. The van der Waals surface area contributed by atoms with Crippen molar-refractivity contribution in [1.82, 2.24) is 0 Å². The Labute approximate surface area is 131 Å². The molecule has 2 rings (SSSR count). The van der Waals surface area contributed by atoms with Crippen molar-refractivity contribution in [1.29, 1.82) is 0 Å². The highest BCUT2D eigenvalue weighted by atomic mass is 79.9. The van der Waals surface area contributed by atoms with Crippen molar-refractivity contribution < 1.29 is 9.84 Å². The summed E-state index contributed by atoms with van der Waals surface area (Å²) in [6.45, 7) is 0. The van der Waals surface area contributed by atoms with E-state index >= 15 is 0 Å². The molecule has 94 valence electrons. The summed E-state index contributed by atoms with van der Waals surface area (Å²) in [6.07, 6.45) is 0. The first kappa shape index (κ1) is 14.0. The van der Waals surface area contributed by atoms with Gasteiger partial charge in [-0.2, -0.15) is 0 Å². The van der Waals surface area contributed by atoms with E-state index in [1.807, 2.05) is 0 Å². The van der Waals surface area contributed by atoms with Crippen molar-refractivity contribution in [2.24, 2.45) is 0 Å². The molecule has 6 heteroatoms. The Bertz CT molecular complexity index is 603. The number of ether oxygens (including phenoxy) is 1. The second-order valence-electron chi connectivity index (χ2n) is 3.37. The van der Waals surface area contributed by atoms with Crippen LogP contribution < -0.4 is 4.74 Å². The number of para-hydroxylation sites is 1. The van der Waals surface area contributed by atoms with Crippen molar-refractivity contribution in [2.75, 3.05) is 0 Å². The van der Waals surface area contributed by atoms with Crippen molar-refractivity contribution in [3.8, 4) is 17.2 Å². The molecular weight excluding hydrogens is 407 g/mol. The monoisotopic (exact) mass is 410 g/mol. The van der Waals surface area contributed by atoms with E-state index in [-0.39, 0.29) is 11.5 Å². The van der Waals surface area contributed by atoms with Crippen LogP contribution in [0.3, 0.4) is 0 Å². The molecule has 0 amide bonds. The summed E-state index contributed by atoms with van der Waals surface area (Å²) < 4.78 is 6.52. The number of hydrogen-bond acceptors (Lipinski definition) is 2. The van der Waals surface area contributed by atoms with Crippen LogP contribution in [0.4, 0.5) is 0 Å². The normalized spacial score (nSPS) is 10.4. The van der Waals surface area contributed by atoms with E-state index < -0.39 is 0 Å². The topological polar surface area (TPSA) is 29.5 Å². The number of phenols is 1. The predicted molar refractivity (Wildman–Crippen MR) is 80.0 cm³/mol. The van der Waals surface area contributed by atoms with Crippen LogP contribution in [0.2, 0.25) is 10.0 Å². The van der Waals surface area contributed by atoms with Gasteiger partial charge >= 0.3 is 0 Å². The van der Waals surface area contributed by atoms with Crippen LogP contribution in [-0.4, -0.2) is 5.11 Å². The van der Waals surface area contributed by atoms with Crippen molar-refractivity contribution >= 4 is 55.1 Å². The van der Waals surface area contributed by atoms with Gasteiger partial charge in [0.25, 0.3) is 0 Å². The molecule has 0 fully saturated rings. The maximum atomic E-state index is 9.93. The molecule has 2 aromatic carbocycles. The molecule has 0 spiro atoms. The number of rotatable bonds is 2. The van der Waals surface area contributed by atoms with Gasteiger partial charge in [0.05, 0.1) is 14.5 Å². The highest BCUT2D eigenvalue weighted by Gasteiger charge is 2.15. The lowest BCUT2D eigenvalue weighted by atomic mass is 10.3. The van der Waals surface area contributed by atoms with Gasteiger partial charge in [0, 0.05) is 10.5 Å². The summed E-state index contributed by atoms with van der Waals surface area (Å²) in [4.78, 5) is 0. The SMILES string of the molecule is Oc1c(Oc2ccccc2Cl)cc(Br)c(Cl)c1Br. The fourth-order valence-electron chi connectivity index (χ4n) is 1.29. The van der Waals surface area contributed by atoms with E-state index in [9.17, 15) is 5.11 Å². The zero-order chi connectivity index (χ0) is 13.3. The minimum Gasteiger partial charge on any atom is -0.503 e. The standard InChI is InChI=1S/C12H6Br2Cl2O2/c13-6-5-9(12(17)10(14)11(6)16)18-8-4-2-1-3-7(8)15/h1-5,17H. The van der Waals surface area contributed by atoms with Crippen LogP contribution >= 0.6 is 55.1 Å². The van der Waals surface area contributed by atoms with Crippen LogP contribution in [0.1, 0.15) is 0 Å². The first-order valence-electron chi connectivity index (χ1n) is 4.79. The molecule has 18 heavy (non-hydrogen) atoms. The van der Waals surface area contributed by atoms with E-state index in [0.29, 0.717) is 24.7 Å². The lowest BCUT2D eigenvalue weighted by molar-refractivity contribution is 0.409. The summed E-state index contributed by atoms with van der Waals surface area (Å²) in [5.74, 6) is 0.630. The molecule has 0 aliphatic rings. The second-order valence-corrected chi connectivity index (χ2v) is 5.80. The lowest BCUT2D eigenvalue weighted by Gasteiger charge is -2.11. The fraction of sp³-hybridized carbons (Fsp3) is 0. The van der Waals surface area contributed by atoms with Crippen molar-refractivity contribution in [3.05, 3.63) is 49.3 Å². The van der Waals surface area contributed by atoms with Gasteiger partial charge in [-0.3, -0.25) is 0 Å². The summed E-state index contributed by atoms with van der Waals surface area (Å²) in [6, 6.07) is 8.57. The van der Waals surface area contributed by atoms with Gasteiger partial charge < -0.3 is 9.84 Å². The molecule has 0 aliphatic carbocycles. The predicted octanol–water partition coefficient (Wildman–Crippen LogP) is 6.02. The molecule has 0 unspecified atom stereocenters. The van der Waals surface area contributed by atoms with Crippen molar-refractivity contribution in [3.63, 3.8) is 0 Å². The Kier molecular flexibility index (Phi) is 4.43. The largest absolute Gasteiger partial charge is 0.503 e. The molecule has 0 bridgehead atoms. The number of phenolic OH excluding ortho intramolecular Hbond substituents is 1. The number of benzene rings is 2. The summed E-state index contributed by atoms with van der Waals surface area (Å²) in [5, 5.41) is 10.8. The number of hydrogen-bond donors (Lipinski definition) is 1. The zero-order valence-corrected chi connectivity index (χ0v) is 13.4. The Balaban J connectivity index is 2.45. The summed E-state index contributed by atoms with van der Waals surface area (Å²) >= 11 is 18.4. The Hall–Kier alpha value is -0.420. The van der Waals surface area contributed by atoms with Crippen LogP contribution in [-0.2, 0) is 0 Å². The van der Waals surface area contributed by atoms with Gasteiger partial charge in [-0.15, -0.1) is 0 Å². The Morgan fingerprint density at radius 1 is 1.06 bits per heavy atom. The van der Waals surface area contributed by atoms with Crippen LogP contribution in [0.5, 0.6) is 17.2 Å². The highest BCUT2D eigenvalue weighted by Crippen LogP contribution is 2.45. The quantitative estimate of drug-likeness (QED) is 0.611. The summed E-state index contributed by atoms with van der Waals surface area (Å²) in [5.41, 5.74) is 0. The molecule has 0 saturated carbocycles. The second kappa shape index (κ2) is 5.70. The molecule has 0 atom stereocenters. The van der Waals surface area contributed by atoms with Gasteiger partial charge in [0.2, 0.25) is 0 Å². The third kappa shape index (κ3) is 2.77. The van der Waals surface area contributed by atoms with Gasteiger partial charge in [-0.25, -0.2) is 0 Å². The molecule has 0 radical (unpaired) electrons. The third-order valence-electron chi connectivity index (χ3n) is 2.16.